The Kier molecular flexibility index (Phi) is 5.20. The Morgan fingerprint density at radius 1 is 1.40 bits per heavy atom. The highest BCUT2D eigenvalue weighted by atomic mass is 79.9. The number of rotatable bonds is 6. The van der Waals surface area contributed by atoms with E-state index in [0.717, 1.165) is 29.1 Å². The number of hydrogen-bond acceptors (Lipinski definition) is 3. The van der Waals surface area contributed by atoms with Crippen LogP contribution < -0.4 is 10.1 Å². The molecule has 0 unspecified atom stereocenters. The molecule has 0 bridgehead atoms. The molecule has 1 N–H and O–H groups in total. The summed E-state index contributed by atoms with van der Waals surface area (Å²) in [4.78, 5) is 0. The van der Waals surface area contributed by atoms with Crippen molar-refractivity contribution in [3.8, 4) is 11.5 Å². The molecule has 0 saturated carbocycles. The van der Waals surface area contributed by atoms with Gasteiger partial charge in [-0.25, -0.2) is 0 Å². The van der Waals surface area contributed by atoms with Gasteiger partial charge in [-0.1, -0.05) is 19.9 Å². The second-order valence-electron chi connectivity index (χ2n) is 4.93. The smallest absolute Gasteiger partial charge is 0.165 e. The summed E-state index contributed by atoms with van der Waals surface area (Å²) in [5.74, 6) is 1.55. The maximum absolute atomic E-state index is 5.82. The molecule has 108 valence electrons. The van der Waals surface area contributed by atoms with Gasteiger partial charge >= 0.3 is 0 Å². The van der Waals surface area contributed by atoms with Crippen molar-refractivity contribution < 1.29 is 4.74 Å². The number of halogens is 1. The van der Waals surface area contributed by atoms with Crippen molar-refractivity contribution in [1.29, 1.82) is 0 Å². The Balaban J connectivity index is 2.05. The Hall–Kier alpha value is -1.33. The molecule has 4 nitrogen and oxygen atoms in total. The lowest BCUT2D eigenvalue weighted by Crippen LogP contribution is -2.21. The van der Waals surface area contributed by atoms with Crippen LogP contribution in [0.5, 0.6) is 11.5 Å². The lowest BCUT2D eigenvalue weighted by atomic mass is 10.2. The summed E-state index contributed by atoms with van der Waals surface area (Å²) < 4.78 is 8.61. The number of aromatic nitrogens is 2. The third kappa shape index (κ3) is 4.08. The second-order valence-corrected chi connectivity index (χ2v) is 5.79. The summed E-state index contributed by atoms with van der Waals surface area (Å²) in [5.41, 5.74) is 1.22. The zero-order valence-electron chi connectivity index (χ0n) is 12.1. The summed E-state index contributed by atoms with van der Waals surface area (Å²) in [5, 5.41) is 7.59. The van der Waals surface area contributed by atoms with Crippen LogP contribution in [0.2, 0.25) is 0 Å². The van der Waals surface area contributed by atoms with Gasteiger partial charge in [0, 0.05) is 19.1 Å². The fourth-order valence-corrected chi connectivity index (χ4v) is 2.26. The van der Waals surface area contributed by atoms with E-state index in [1.165, 1.54) is 5.56 Å². The standard InChI is InChI=1S/C15H20BrN3O/c1-4-19-10-13(9-18-19)20-15-6-5-12(7-14(15)16)8-17-11(2)3/h5-7,9-11,17H,4,8H2,1-3H3. The van der Waals surface area contributed by atoms with Crippen molar-refractivity contribution in [1.82, 2.24) is 15.1 Å². The zero-order chi connectivity index (χ0) is 14.5. The van der Waals surface area contributed by atoms with Crippen LogP contribution in [0.15, 0.2) is 35.1 Å². The summed E-state index contributed by atoms with van der Waals surface area (Å²) in [6.45, 7) is 8.01. The number of hydrogen-bond donors (Lipinski definition) is 1. The summed E-state index contributed by atoms with van der Waals surface area (Å²) in [7, 11) is 0. The van der Waals surface area contributed by atoms with Gasteiger partial charge in [-0.2, -0.15) is 5.10 Å². The van der Waals surface area contributed by atoms with Crippen LogP contribution in [0.1, 0.15) is 26.3 Å². The molecule has 1 aromatic heterocycles. The molecule has 0 aliphatic carbocycles. The van der Waals surface area contributed by atoms with E-state index in [4.69, 9.17) is 4.74 Å². The van der Waals surface area contributed by atoms with Crippen LogP contribution in [0, 0.1) is 0 Å². The average molecular weight is 338 g/mol. The highest BCUT2D eigenvalue weighted by Crippen LogP contribution is 2.30. The van der Waals surface area contributed by atoms with E-state index in [0.29, 0.717) is 6.04 Å². The molecular weight excluding hydrogens is 318 g/mol. The zero-order valence-corrected chi connectivity index (χ0v) is 13.6. The molecule has 2 rings (SSSR count). The normalized spacial score (nSPS) is 11.1. The molecule has 1 heterocycles. The molecule has 0 spiro atoms. The summed E-state index contributed by atoms with van der Waals surface area (Å²) in [6.07, 6.45) is 3.62. The molecular formula is C15H20BrN3O. The topological polar surface area (TPSA) is 39.1 Å². The average Bonchev–Trinajstić information content (AvgIpc) is 2.87. The molecule has 0 aliphatic rings. The van der Waals surface area contributed by atoms with Crippen LogP contribution in [0.4, 0.5) is 0 Å². The highest BCUT2D eigenvalue weighted by Gasteiger charge is 2.06. The van der Waals surface area contributed by atoms with Crippen molar-refractivity contribution >= 4 is 15.9 Å². The van der Waals surface area contributed by atoms with Crippen molar-refractivity contribution in [3.05, 3.63) is 40.6 Å². The number of ether oxygens (including phenoxy) is 1. The molecule has 0 radical (unpaired) electrons. The van der Waals surface area contributed by atoms with Crippen LogP contribution in [0.3, 0.4) is 0 Å². The Labute approximate surface area is 128 Å². The molecule has 0 amide bonds. The van der Waals surface area contributed by atoms with Gasteiger partial charge in [-0.05, 0) is 40.5 Å². The van der Waals surface area contributed by atoms with E-state index in [9.17, 15) is 0 Å². The van der Waals surface area contributed by atoms with E-state index in [1.807, 2.05) is 23.9 Å². The maximum atomic E-state index is 5.82. The maximum Gasteiger partial charge on any atom is 0.165 e. The van der Waals surface area contributed by atoms with Crippen molar-refractivity contribution in [2.24, 2.45) is 0 Å². The van der Waals surface area contributed by atoms with E-state index < -0.39 is 0 Å². The fourth-order valence-electron chi connectivity index (χ4n) is 1.76. The molecule has 5 heteroatoms. The van der Waals surface area contributed by atoms with E-state index in [2.05, 4.69) is 52.3 Å². The van der Waals surface area contributed by atoms with E-state index in [1.54, 1.807) is 6.20 Å². The predicted molar refractivity (Wildman–Crippen MR) is 84.1 cm³/mol. The minimum atomic E-state index is 0.476. The molecule has 1 aromatic carbocycles. The predicted octanol–water partition coefficient (Wildman–Crippen LogP) is 3.96. The third-order valence-corrected chi connectivity index (χ3v) is 3.49. The molecule has 0 aliphatic heterocycles. The van der Waals surface area contributed by atoms with Crippen molar-refractivity contribution in [2.45, 2.75) is 39.9 Å². The molecule has 20 heavy (non-hydrogen) atoms. The second kappa shape index (κ2) is 6.90. The molecule has 0 saturated heterocycles. The Morgan fingerprint density at radius 2 is 2.20 bits per heavy atom. The van der Waals surface area contributed by atoms with E-state index >= 15 is 0 Å². The number of nitrogens with zero attached hydrogens (tertiary/aromatic N) is 2. The van der Waals surface area contributed by atoms with Gasteiger partial charge in [0.1, 0.15) is 5.75 Å². The van der Waals surface area contributed by atoms with E-state index in [-0.39, 0.29) is 0 Å². The lowest BCUT2D eigenvalue weighted by molar-refractivity contribution is 0.477. The first kappa shape index (κ1) is 15.1. The molecule has 0 fully saturated rings. The Morgan fingerprint density at radius 3 is 2.80 bits per heavy atom. The lowest BCUT2D eigenvalue weighted by Gasteiger charge is -2.10. The van der Waals surface area contributed by atoms with Crippen molar-refractivity contribution in [3.63, 3.8) is 0 Å². The number of aryl methyl sites for hydroxylation is 1. The van der Waals surface area contributed by atoms with Gasteiger partial charge in [0.25, 0.3) is 0 Å². The quantitative estimate of drug-likeness (QED) is 0.867. The summed E-state index contributed by atoms with van der Waals surface area (Å²) in [6, 6.07) is 6.60. The first-order chi connectivity index (χ1) is 9.58. The largest absolute Gasteiger partial charge is 0.453 e. The molecule has 2 aromatic rings. The molecule has 0 atom stereocenters. The minimum absolute atomic E-state index is 0.476. The highest BCUT2D eigenvalue weighted by molar-refractivity contribution is 9.10. The van der Waals surface area contributed by atoms with Crippen molar-refractivity contribution in [2.75, 3.05) is 0 Å². The van der Waals surface area contributed by atoms with Crippen LogP contribution >= 0.6 is 15.9 Å². The van der Waals surface area contributed by atoms with Crippen LogP contribution in [-0.4, -0.2) is 15.8 Å². The monoisotopic (exact) mass is 337 g/mol. The van der Waals surface area contributed by atoms with Gasteiger partial charge in [0.15, 0.2) is 5.75 Å². The van der Waals surface area contributed by atoms with Gasteiger partial charge < -0.3 is 10.1 Å². The van der Waals surface area contributed by atoms with Crippen LogP contribution in [0.25, 0.3) is 0 Å². The van der Waals surface area contributed by atoms with Gasteiger partial charge in [-0.3, -0.25) is 4.68 Å². The van der Waals surface area contributed by atoms with Crippen LogP contribution in [-0.2, 0) is 13.1 Å². The SMILES string of the molecule is CCn1cc(Oc2ccc(CNC(C)C)cc2Br)cn1. The van der Waals surface area contributed by atoms with Gasteiger partial charge in [0.05, 0.1) is 16.9 Å². The summed E-state index contributed by atoms with van der Waals surface area (Å²) >= 11 is 3.56. The minimum Gasteiger partial charge on any atom is -0.453 e. The fraction of sp³-hybridized carbons (Fsp3) is 0.400. The number of benzene rings is 1. The Bertz CT molecular complexity index is 566. The third-order valence-electron chi connectivity index (χ3n) is 2.87. The van der Waals surface area contributed by atoms with Gasteiger partial charge in [0.2, 0.25) is 0 Å². The van der Waals surface area contributed by atoms with Gasteiger partial charge in [-0.15, -0.1) is 0 Å². The first-order valence-corrected chi connectivity index (χ1v) is 7.60. The first-order valence-electron chi connectivity index (χ1n) is 6.80. The number of nitrogens with one attached hydrogen (secondary N) is 1.